The summed E-state index contributed by atoms with van der Waals surface area (Å²) < 4.78 is 64.4. The molecule has 1 unspecified atom stereocenters. The number of hydrogen-bond donors (Lipinski definition) is 0. The molecule has 0 radical (unpaired) electrons. The van der Waals surface area contributed by atoms with Gasteiger partial charge in [0.15, 0.2) is 12.4 Å². The lowest BCUT2D eigenvalue weighted by Crippen LogP contribution is -2.72. The molecule has 4 aromatic carbocycles. The van der Waals surface area contributed by atoms with Crippen LogP contribution < -0.4 is 0 Å². The van der Waals surface area contributed by atoms with Gasteiger partial charge in [-0.3, -0.25) is 4.79 Å². The molecule has 11 nitrogen and oxygen atoms in total. The van der Waals surface area contributed by atoms with Crippen LogP contribution in [-0.2, 0) is 78.6 Å². The highest BCUT2D eigenvalue weighted by atomic mass is 16.9. The lowest BCUT2D eigenvalue weighted by molar-refractivity contribution is -0.475. The van der Waals surface area contributed by atoms with Crippen LogP contribution in [0.25, 0.3) is 0 Å². The van der Waals surface area contributed by atoms with Crippen molar-refractivity contribution in [2.75, 3.05) is 6.61 Å². The van der Waals surface area contributed by atoms with Crippen molar-refractivity contribution < 1.29 is 52.2 Å². The first-order valence-corrected chi connectivity index (χ1v) is 18.6. The maximum Gasteiger partial charge on any atom is 0.303 e. The minimum absolute atomic E-state index is 0.184. The molecule has 4 saturated heterocycles. The fourth-order valence-corrected chi connectivity index (χ4v) is 7.55. The van der Waals surface area contributed by atoms with Gasteiger partial charge in [0.05, 0.1) is 39.1 Å². The van der Waals surface area contributed by atoms with Crippen molar-refractivity contribution in [3.05, 3.63) is 144 Å². The van der Waals surface area contributed by atoms with E-state index < -0.39 is 61.5 Å². The predicted octanol–water partition coefficient (Wildman–Crippen LogP) is 5.87. The molecule has 11 atom stereocenters. The second-order valence-corrected chi connectivity index (χ2v) is 14.0. The second-order valence-electron chi connectivity index (χ2n) is 14.0. The quantitative estimate of drug-likeness (QED) is 0.129. The average molecular weight is 739 g/mol. The molecule has 1 saturated carbocycles. The molecular weight excluding hydrogens is 692 g/mol. The summed E-state index contributed by atoms with van der Waals surface area (Å²) in [6.07, 6.45) is -5.97. The van der Waals surface area contributed by atoms with Gasteiger partial charge in [0, 0.05) is 13.3 Å². The zero-order chi connectivity index (χ0) is 36.7. The Morgan fingerprint density at radius 3 is 1.57 bits per heavy atom. The Balaban J connectivity index is 1.12. The SMILES string of the molecule is CC(=O)O[C@@H]1[C@@H]2OC3O[C@H]1C[C@@H](O3)[C@@H]2O[C@H]1O[C@H](COCc2ccccc2)[C@@H](OCc2ccccc2)[C@H](OCc2ccccc2)[C@H]1OCc1ccccc1. The van der Waals surface area contributed by atoms with Crippen LogP contribution in [0.3, 0.4) is 0 Å². The van der Waals surface area contributed by atoms with Crippen molar-refractivity contribution in [3.63, 3.8) is 0 Å². The molecule has 0 spiro atoms. The lowest BCUT2D eigenvalue weighted by atomic mass is 9.84. The molecule has 0 N–H and O–H groups in total. The van der Waals surface area contributed by atoms with Crippen LogP contribution in [0.15, 0.2) is 121 Å². The topological polar surface area (TPSA) is 109 Å². The van der Waals surface area contributed by atoms with Gasteiger partial charge >= 0.3 is 5.97 Å². The van der Waals surface area contributed by atoms with Crippen molar-refractivity contribution in [3.8, 4) is 0 Å². The fourth-order valence-electron chi connectivity index (χ4n) is 7.55. The van der Waals surface area contributed by atoms with Gasteiger partial charge in [-0.25, -0.2) is 0 Å². The van der Waals surface area contributed by atoms with Crippen LogP contribution in [0.5, 0.6) is 0 Å². The van der Waals surface area contributed by atoms with Crippen molar-refractivity contribution in [1.82, 2.24) is 0 Å². The molecule has 4 bridgehead atoms. The third kappa shape index (κ3) is 8.92. The molecule has 4 aromatic rings. The fraction of sp³-hybridized carbons (Fsp3) is 0.419. The number of carbonyl (C=O) groups excluding carboxylic acids is 1. The van der Waals surface area contributed by atoms with E-state index in [2.05, 4.69) is 0 Å². The van der Waals surface area contributed by atoms with Gasteiger partial charge in [-0.2, -0.15) is 0 Å². The summed E-state index contributed by atoms with van der Waals surface area (Å²) >= 11 is 0. The highest BCUT2D eigenvalue weighted by Gasteiger charge is 2.61. The maximum atomic E-state index is 12.2. The van der Waals surface area contributed by atoms with E-state index in [9.17, 15) is 4.79 Å². The normalized spacial score (nSPS) is 31.3. The van der Waals surface area contributed by atoms with Crippen LogP contribution >= 0.6 is 0 Å². The van der Waals surface area contributed by atoms with Gasteiger partial charge in [0.1, 0.15) is 42.7 Å². The predicted molar refractivity (Wildman–Crippen MR) is 193 cm³/mol. The Labute approximate surface area is 315 Å². The van der Waals surface area contributed by atoms with E-state index in [4.69, 9.17) is 47.4 Å². The summed E-state index contributed by atoms with van der Waals surface area (Å²) in [5.41, 5.74) is 4.01. The van der Waals surface area contributed by atoms with E-state index in [1.54, 1.807) is 0 Å². The molecule has 11 heteroatoms. The minimum Gasteiger partial charge on any atom is -0.457 e. The van der Waals surface area contributed by atoms with Crippen molar-refractivity contribution in [2.24, 2.45) is 0 Å². The Kier molecular flexibility index (Phi) is 12.1. The molecule has 284 valence electrons. The van der Waals surface area contributed by atoms with Crippen LogP contribution in [0, 0.1) is 0 Å². The maximum absolute atomic E-state index is 12.2. The first-order chi connectivity index (χ1) is 26.6. The van der Waals surface area contributed by atoms with E-state index in [-0.39, 0.29) is 25.4 Å². The highest BCUT2D eigenvalue weighted by molar-refractivity contribution is 5.66. The number of rotatable bonds is 16. The summed E-state index contributed by atoms with van der Waals surface area (Å²) in [6.45, 7) is 1.94. The lowest BCUT2D eigenvalue weighted by Gasteiger charge is -2.56. The van der Waals surface area contributed by atoms with Gasteiger partial charge in [0.2, 0.25) is 0 Å². The average Bonchev–Trinajstić information content (AvgIpc) is 3.20. The molecular formula is C43H46O11. The molecule has 4 heterocycles. The molecule has 5 aliphatic rings. The van der Waals surface area contributed by atoms with Crippen molar-refractivity contribution in [2.45, 2.75) is 107 Å². The first-order valence-electron chi connectivity index (χ1n) is 18.6. The van der Waals surface area contributed by atoms with Crippen molar-refractivity contribution in [1.29, 1.82) is 0 Å². The first kappa shape index (κ1) is 36.9. The van der Waals surface area contributed by atoms with E-state index >= 15 is 0 Å². The molecule has 0 amide bonds. The van der Waals surface area contributed by atoms with Crippen LogP contribution in [0.2, 0.25) is 0 Å². The number of carbonyl (C=O) groups is 1. The summed E-state index contributed by atoms with van der Waals surface area (Å²) in [4.78, 5) is 12.2. The summed E-state index contributed by atoms with van der Waals surface area (Å²) in [6, 6.07) is 39.9. The highest BCUT2D eigenvalue weighted by Crippen LogP contribution is 2.44. The third-order valence-corrected chi connectivity index (χ3v) is 10.1. The van der Waals surface area contributed by atoms with E-state index in [0.717, 1.165) is 22.3 Å². The summed E-state index contributed by atoms with van der Waals surface area (Å²) in [5.74, 6) is -0.430. The van der Waals surface area contributed by atoms with Gasteiger partial charge in [-0.1, -0.05) is 121 Å². The Morgan fingerprint density at radius 1 is 0.556 bits per heavy atom. The zero-order valence-corrected chi connectivity index (χ0v) is 30.1. The third-order valence-electron chi connectivity index (χ3n) is 10.1. The number of hydrogen-bond acceptors (Lipinski definition) is 11. The van der Waals surface area contributed by atoms with E-state index in [1.807, 2.05) is 121 Å². The molecule has 0 aromatic heterocycles. The smallest absolute Gasteiger partial charge is 0.303 e. The van der Waals surface area contributed by atoms with Crippen LogP contribution in [0.1, 0.15) is 35.6 Å². The van der Waals surface area contributed by atoms with Crippen LogP contribution in [-0.4, -0.2) is 80.3 Å². The number of benzene rings is 4. The molecule has 4 aliphatic heterocycles. The Morgan fingerprint density at radius 2 is 1.04 bits per heavy atom. The second kappa shape index (κ2) is 17.6. The largest absolute Gasteiger partial charge is 0.457 e. The van der Waals surface area contributed by atoms with Gasteiger partial charge in [0.25, 0.3) is 6.48 Å². The van der Waals surface area contributed by atoms with Gasteiger partial charge < -0.3 is 47.4 Å². The van der Waals surface area contributed by atoms with Gasteiger partial charge in [-0.05, 0) is 22.3 Å². The minimum atomic E-state index is -0.981. The molecule has 9 rings (SSSR count). The van der Waals surface area contributed by atoms with Crippen LogP contribution in [0.4, 0.5) is 0 Å². The molecule has 5 fully saturated rings. The summed E-state index contributed by atoms with van der Waals surface area (Å²) in [7, 11) is 0. The van der Waals surface area contributed by atoms with E-state index in [1.165, 1.54) is 6.92 Å². The monoisotopic (exact) mass is 738 g/mol. The molecule has 54 heavy (non-hydrogen) atoms. The zero-order valence-electron chi connectivity index (χ0n) is 30.1. The number of ether oxygens (including phenoxy) is 10. The Bertz CT molecular complexity index is 1750. The van der Waals surface area contributed by atoms with Crippen molar-refractivity contribution >= 4 is 5.97 Å². The Hall–Kier alpha value is -4.01. The number of esters is 1. The summed E-state index contributed by atoms with van der Waals surface area (Å²) in [5, 5.41) is 0. The van der Waals surface area contributed by atoms with E-state index in [0.29, 0.717) is 26.2 Å². The molecule has 1 aliphatic carbocycles. The standard InChI is InChI=1S/C43H46O11/c1-28(44)49-37-33-22-34-38(40(37)54-43(51-33)52-34)53-42-41(48-26-32-20-12-5-13-21-32)39(47-25-31-18-10-4-11-19-31)36(46-24-30-16-8-3-9-17-30)35(50-42)27-45-23-29-14-6-2-7-15-29/h2-21,33-43H,22-27H2,1H3/t33-,34+,35+,36+,37-,38-,39-,40-,41+,42+,43?/m0/s1. The van der Waals surface area contributed by atoms with Gasteiger partial charge in [-0.15, -0.1) is 0 Å².